The summed E-state index contributed by atoms with van der Waals surface area (Å²) in [5.74, 6) is 1.75. The standard InChI is InChI=1S/C18H22O5/c1-6-13-7-14(10-16(19)21-5)9-15(8-13)11-22-12-17(20)23-18(2,3)4/h1,7-9H,10-12H2,2-5H3. The maximum absolute atomic E-state index is 11.6. The molecule has 1 rings (SSSR count). The molecule has 0 unspecified atom stereocenters. The predicted octanol–water partition coefficient (Wildman–Crippen LogP) is 2.24. The second-order valence-corrected chi connectivity index (χ2v) is 6.01. The van der Waals surface area contributed by atoms with E-state index in [9.17, 15) is 9.59 Å². The van der Waals surface area contributed by atoms with Crippen molar-refractivity contribution in [2.75, 3.05) is 13.7 Å². The first-order valence-electron chi connectivity index (χ1n) is 7.19. The summed E-state index contributed by atoms with van der Waals surface area (Å²) in [5.41, 5.74) is 1.62. The molecule has 0 aromatic heterocycles. The van der Waals surface area contributed by atoms with Gasteiger partial charge in [-0.25, -0.2) is 4.79 Å². The summed E-state index contributed by atoms with van der Waals surface area (Å²) in [6, 6.07) is 5.32. The maximum atomic E-state index is 11.6. The third-order valence-electron chi connectivity index (χ3n) is 2.70. The number of terminal acetylenes is 1. The van der Waals surface area contributed by atoms with E-state index in [4.69, 9.17) is 15.9 Å². The zero-order valence-corrected chi connectivity index (χ0v) is 14.0. The van der Waals surface area contributed by atoms with Crippen LogP contribution in [0.2, 0.25) is 0 Å². The highest BCUT2D eigenvalue weighted by molar-refractivity contribution is 5.72. The summed E-state index contributed by atoms with van der Waals surface area (Å²) < 4.78 is 15.2. The van der Waals surface area contributed by atoms with Gasteiger partial charge in [-0.3, -0.25) is 4.79 Å². The van der Waals surface area contributed by atoms with E-state index in [0.29, 0.717) is 5.56 Å². The number of hydrogen-bond donors (Lipinski definition) is 0. The third-order valence-corrected chi connectivity index (χ3v) is 2.70. The Kier molecular flexibility index (Phi) is 6.80. The number of rotatable bonds is 6. The Morgan fingerprint density at radius 3 is 2.35 bits per heavy atom. The first-order valence-corrected chi connectivity index (χ1v) is 7.19. The first-order chi connectivity index (χ1) is 10.7. The molecule has 0 atom stereocenters. The molecule has 0 aliphatic carbocycles. The van der Waals surface area contributed by atoms with Gasteiger partial charge in [-0.15, -0.1) is 6.42 Å². The van der Waals surface area contributed by atoms with Crippen molar-refractivity contribution in [1.82, 2.24) is 0 Å². The normalized spacial score (nSPS) is 10.7. The van der Waals surface area contributed by atoms with Gasteiger partial charge >= 0.3 is 11.9 Å². The van der Waals surface area contributed by atoms with Crippen molar-refractivity contribution in [3.8, 4) is 12.3 Å². The minimum atomic E-state index is -0.544. The van der Waals surface area contributed by atoms with E-state index in [1.807, 2.05) is 0 Å². The highest BCUT2D eigenvalue weighted by atomic mass is 16.6. The summed E-state index contributed by atoms with van der Waals surface area (Å²) in [7, 11) is 1.33. The van der Waals surface area contributed by atoms with Gasteiger partial charge in [0.1, 0.15) is 12.2 Å². The zero-order chi connectivity index (χ0) is 17.5. The van der Waals surface area contributed by atoms with Gasteiger partial charge in [0.05, 0.1) is 20.1 Å². The van der Waals surface area contributed by atoms with Crippen LogP contribution < -0.4 is 0 Å². The van der Waals surface area contributed by atoms with Gasteiger partial charge in [-0.1, -0.05) is 12.0 Å². The van der Waals surface area contributed by atoms with Crippen LogP contribution in [0.5, 0.6) is 0 Å². The maximum Gasteiger partial charge on any atom is 0.332 e. The van der Waals surface area contributed by atoms with Crippen LogP contribution in [-0.2, 0) is 36.8 Å². The number of carbonyl (C=O) groups excluding carboxylic acids is 2. The first kappa shape index (κ1) is 18.7. The van der Waals surface area contributed by atoms with Crippen molar-refractivity contribution in [3.05, 3.63) is 34.9 Å². The van der Waals surface area contributed by atoms with Crippen molar-refractivity contribution in [2.45, 2.75) is 39.4 Å². The van der Waals surface area contributed by atoms with Crippen LogP contribution in [0.1, 0.15) is 37.5 Å². The molecule has 0 saturated carbocycles. The van der Waals surface area contributed by atoms with Crippen molar-refractivity contribution in [1.29, 1.82) is 0 Å². The lowest BCUT2D eigenvalue weighted by molar-refractivity contribution is -0.160. The number of carbonyl (C=O) groups is 2. The fourth-order valence-corrected chi connectivity index (χ4v) is 1.89. The van der Waals surface area contributed by atoms with Gasteiger partial charge in [0.15, 0.2) is 0 Å². The molecule has 0 radical (unpaired) electrons. The van der Waals surface area contributed by atoms with E-state index in [-0.39, 0.29) is 25.6 Å². The average molecular weight is 318 g/mol. The Morgan fingerprint density at radius 1 is 1.13 bits per heavy atom. The Balaban J connectivity index is 2.66. The molecule has 0 fully saturated rings. The summed E-state index contributed by atoms with van der Waals surface area (Å²) in [4.78, 5) is 22.9. The van der Waals surface area contributed by atoms with E-state index in [1.165, 1.54) is 7.11 Å². The molecule has 0 saturated heterocycles. The monoisotopic (exact) mass is 318 g/mol. The van der Waals surface area contributed by atoms with Crippen LogP contribution in [-0.4, -0.2) is 31.3 Å². The van der Waals surface area contributed by atoms with Gasteiger partial charge in [0, 0.05) is 5.56 Å². The van der Waals surface area contributed by atoms with Crippen molar-refractivity contribution < 1.29 is 23.8 Å². The van der Waals surface area contributed by atoms with E-state index < -0.39 is 11.6 Å². The van der Waals surface area contributed by atoms with E-state index in [0.717, 1.165) is 11.1 Å². The summed E-state index contributed by atoms with van der Waals surface area (Å²) in [6.45, 7) is 5.42. The quantitative estimate of drug-likeness (QED) is 0.594. The van der Waals surface area contributed by atoms with Gasteiger partial charge < -0.3 is 14.2 Å². The van der Waals surface area contributed by atoms with Crippen LogP contribution in [0, 0.1) is 12.3 Å². The molecule has 1 aromatic rings. The van der Waals surface area contributed by atoms with Gasteiger partial charge in [-0.05, 0) is 44.0 Å². The average Bonchev–Trinajstić information content (AvgIpc) is 2.44. The molecule has 0 aliphatic heterocycles. The highest BCUT2D eigenvalue weighted by Crippen LogP contribution is 2.13. The molecule has 1 aromatic carbocycles. The van der Waals surface area contributed by atoms with Crippen LogP contribution in [0.4, 0.5) is 0 Å². The molecular formula is C18H22O5. The van der Waals surface area contributed by atoms with Crippen molar-refractivity contribution in [3.63, 3.8) is 0 Å². The summed E-state index contributed by atoms with van der Waals surface area (Å²) in [6.07, 6.45) is 5.55. The molecule has 0 bridgehead atoms. The van der Waals surface area contributed by atoms with E-state index >= 15 is 0 Å². The van der Waals surface area contributed by atoms with Crippen LogP contribution >= 0.6 is 0 Å². The SMILES string of the molecule is C#Cc1cc(COCC(=O)OC(C)(C)C)cc(CC(=O)OC)c1. The largest absolute Gasteiger partial charge is 0.469 e. The third kappa shape index (κ3) is 7.48. The zero-order valence-electron chi connectivity index (χ0n) is 14.0. The number of hydrogen-bond acceptors (Lipinski definition) is 5. The molecule has 0 aliphatic rings. The lowest BCUT2D eigenvalue weighted by atomic mass is 10.0. The lowest BCUT2D eigenvalue weighted by Crippen LogP contribution is -2.26. The molecular weight excluding hydrogens is 296 g/mol. The second kappa shape index (κ2) is 8.35. The molecule has 5 nitrogen and oxygen atoms in total. The molecule has 0 spiro atoms. The predicted molar refractivity (Wildman–Crippen MR) is 85.6 cm³/mol. The second-order valence-electron chi connectivity index (χ2n) is 6.01. The Morgan fingerprint density at radius 2 is 1.78 bits per heavy atom. The Labute approximate surface area is 136 Å². The topological polar surface area (TPSA) is 61.8 Å². The molecule has 124 valence electrons. The number of ether oxygens (including phenoxy) is 3. The van der Waals surface area contributed by atoms with Crippen molar-refractivity contribution in [2.24, 2.45) is 0 Å². The molecule has 23 heavy (non-hydrogen) atoms. The number of benzene rings is 1. The molecule has 0 amide bonds. The fraction of sp³-hybridized carbons (Fsp3) is 0.444. The molecule has 0 heterocycles. The smallest absolute Gasteiger partial charge is 0.332 e. The van der Waals surface area contributed by atoms with Gasteiger partial charge in [0.2, 0.25) is 0 Å². The minimum absolute atomic E-state index is 0.130. The minimum Gasteiger partial charge on any atom is -0.469 e. The summed E-state index contributed by atoms with van der Waals surface area (Å²) in [5, 5.41) is 0. The Bertz CT molecular complexity index is 605. The number of esters is 2. The van der Waals surface area contributed by atoms with Gasteiger partial charge in [0.25, 0.3) is 0 Å². The van der Waals surface area contributed by atoms with E-state index in [1.54, 1.807) is 39.0 Å². The van der Waals surface area contributed by atoms with Gasteiger partial charge in [-0.2, -0.15) is 0 Å². The fourth-order valence-electron chi connectivity index (χ4n) is 1.89. The summed E-state index contributed by atoms with van der Waals surface area (Å²) >= 11 is 0. The van der Waals surface area contributed by atoms with Crippen LogP contribution in [0.15, 0.2) is 18.2 Å². The highest BCUT2D eigenvalue weighted by Gasteiger charge is 2.16. The number of methoxy groups -OCH3 is 1. The molecule has 5 heteroatoms. The lowest BCUT2D eigenvalue weighted by Gasteiger charge is -2.19. The van der Waals surface area contributed by atoms with Crippen LogP contribution in [0.3, 0.4) is 0 Å². The Hall–Kier alpha value is -2.32. The van der Waals surface area contributed by atoms with Crippen molar-refractivity contribution >= 4 is 11.9 Å². The molecule has 0 N–H and O–H groups in total. The van der Waals surface area contributed by atoms with Crippen LogP contribution in [0.25, 0.3) is 0 Å². The van der Waals surface area contributed by atoms with E-state index in [2.05, 4.69) is 10.7 Å².